The van der Waals surface area contributed by atoms with Crippen molar-refractivity contribution in [2.75, 3.05) is 7.11 Å². The zero-order valence-electron chi connectivity index (χ0n) is 10.4. The van der Waals surface area contributed by atoms with Gasteiger partial charge in [-0.05, 0) is 24.6 Å². The standard InChI is InChI=1S/C16H14O2/c1-11-16(12-6-4-3-5-7-12)14-9-8-13(17-2)10-15(14)18-11/h3-10H,1-2H3. The minimum atomic E-state index is 0.816. The van der Waals surface area contributed by atoms with Crippen LogP contribution in [0.25, 0.3) is 22.1 Å². The second-order valence-corrected chi connectivity index (χ2v) is 4.26. The molecule has 2 nitrogen and oxygen atoms in total. The Morgan fingerprint density at radius 2 is 1.78 bits per heavy atom. The summed E-state index contributed by atoms with van der Waals surface area (Å²) in [5.41, 5.74) is 3.21. The van der Waals surface area contributed by atoms with Crippen molar-refractivity contribution in [3.8, 4) is 16.9 Å². The molecule has 0 aliphatic rings. The minimum Gasteiger partial charge on any atom is -0.497 e. The van der Waals surface area contributed by atoms with E-state index in [9.17, 15) is 0 Å². The molecule has 0 radical (unpaired) electrons. The SMILES string of the molecule is COc1ccc2c(-c3ccccc3)c(C)oc2c1. The molecular formula is C16H14O2. The first-order valence-corrected chi connectivity index (χ1v) is 5.92. The third kappa shape index (κ3) is 1.66. The Labute approximate surface area is 106 Å². The summed E-state index contributed by atoms with van der Waals surface area (Å²) in [5.74, 6) is 1.75. The number of aryl methyl sites for hydroxylation is 1. The zero-order chi connectivity index (χ0) is 12.5. The number of hydrogen-bond acceptors (Lipinski definition) is 2. The van der Waals surface area contributed by atoms with Gasteiger partial charge in [-0.3, -0.25) is 0 Å². The Morgan fingerprint density at radius 1 is 1.00 bits per heavy atom. The maximum atomic E-state index is 5.82. The molecule has 2 aromatic carbocycles. The Kier molecular flexibility index (Phi) is 2.56. The van der Waals surface area contributed by atoms with Crippen molar-refractivity contribution in [3.05, 3.63) is 54.3 Å². The van der Waals surface area contributed by atoms with E-state index in [2.05, 4.69) is 12.1 Å². The molecule has 0 saturated heterocycles. The lowest BCUT2D eigenvalue weighted by Crippen LogP contribution is -1.81. The first kappa shape index (κ1) is 10.9. The van der Waals surface area contributed by atoms with Gasteiger partial charge in [-0.2, -0.15) is 0 Å². The molecule has 3 rings (SSSR count). The van der Waals surface area contributed by atoms with Crippen molar-refractivity contribution in [2.45, 2.75) is 6.92 Å². The lowest BCUT2D eigenvalue weighted by molar-refractivity contribution is 0.414. The average Bonchev–Trinajstić information content (AvgIpc) is 2.74. The highest BCUT2D eigenvalue weighted by Crippen LogP contribution is 2.35. The second kappa shape index (κ2) is 4.22. The van der Waals surface area contributed by atoms with Crippen molar-refractivity contribution in [1.29, 1.82) is 0 Å². The number of furan rings is 1. The molecule has 0 aliphatic carbocycles. The minimum absolute atomic E-state index is 0.816. The van der Waals surface area contributed by atoms with Gasteiger partial charge in [0.05, 0.1) is 7.11 Å². The van der Waals surface area contributed by atoms with Crippen LogP contribution < -0.4 is 4.74 Å². The summed E-state index contributed by atoms with van der Waals surface area (Å²) in [6.45, 7) is 1.99. The summed E-state index contributed by atoms with van der Waals surface area (Å²) in [6.07, 6.45) is 0. The Balaban J connectivity index is 2.27. The fraction of sp³-hybridized carbons (Fsp3) is 0.125. The van der Waals surface area contributed by atoms with Crippen LogP contribution in [-0.4, -0.2) is 7.11 Å². The zero-order valence-corrected chi connectivity index (χ0v) is 10.4. The molecule has 3 aromatic rings. The van der Waals surface area contributed by atoms with Gasteiger partial charge in [-0.15, -0.1) is 0 Å². The summed E-state index contributed by atoms with van der Waals surface area (Å²) in [7, 11) is 1.66. The molecule has 0 fully saturated rings. The molecule has 0 amide bonds. The van der Waals surface area contributed by atoms with E-state index in [4.69, 9.17) is 9.15 Å². The molecule has 90 valence electrons. The third-order valence-corrected chi connectivity index (χ3v) is 3.14. The van der Waals surface area contributed by atoms with Crippen molar-refractivity contribution in [3.63, 3.8) is 0 Å². The lowest BCUT2D eigenvalue weighted by atomic mass is 10.0. The summed E-state index contributed by atoms with van der Waals surface area (Å²) in [5, 5.41) is 1.12. The highest BCUT2D eigenvalue weighted by Gasteiger charge is 2.12. The van der Waals surface area contributed by atoms with Gasteiger partial charge in [-0.1, -0.05) is 30.3 Å². The van der Waals surface area contributed by atoms with Gasteiger partial charge in [0.25, 0.3) is 0 Å². The molecule has 18 heavy (non-hydrogen) atoms. The van der Waals surface area contributed by atoms with Crippen LogP contribution in [0.3, 0.4) is 0 Å². The Hall–Kier alpha value is -2.22. The van der Waals surface area contributed by atoms with Gasteiger partial charge in [0.15, 0.2) is 0 Å². The summed E-state index contributed by atoms with van der Waals surface area (Å²) in [6, 6.07) is 16.2. The van der Waals surface area contributed by atoms with Crippen LogP contribution in [-0.2, 0) is 0 Å². The van der Waals surface area contributed by atoms with Crippen LogP contribution in [0.1, 0.15) is 5.76 Å². The largest absolute Gasteiger partial charge is 0.497 e. The van der Waals surface area contributed by atoms with E-state index >= 15 is 0 Å². The van der Waals surface area contributed by atoms with Crippen molar-refractivity contribution in [2.24, 2.45) is 0 Å². The van der Waals surface area contributed by atoms with Crippen LogP contribution >= 0.6 is 0 Å². The van der Waals surface area contributed by atoms with Gasteiger partial charge in [0, 0.05) is 17.0 Å². The quantitative estimate of drug-likeness (QED) is 0.659. The first-order chi connectivity index (χ1) is 8.79. The Bertz CT molecular complexity index is 681. The number of fused-ring (bicyclic) bond motifs is 1. The van der Waals surface area contributed by atoms with Crippen molar-refractivity contribution in [1.82, 2.24) is 0 Å². The molecule has 0 bridgehead atoms. The van der Waals surface area contributed by atoms with Crippen LogP contribution in [0, 0.1) is 6.92 Å². The van der Waals surface area contributed by atoms with Crippen LogP contribution in [0.4, 0.5) is 0 Å². The van der Waals surface area contributed by atoms with E-state index in [0.29, 0.717) is 0 Å². The molecule has 0 N–H and O–H groups in total. The molecule has 0 spiro atoms. The molecule has 0 saturated carbocycles. The highest BCUT2D eigenvalue weighted by atomic mass is 16.5. The van der Waals surface area contributed by atoms with Gasteiger partial charge in [-0.25, -0.2) is 0 Å². The maximum Gasteiger partial charge on any atom is 0.138 e. The third-order valence-electron chi connectivity index (χ3n) is 3.14. The van der Waals surface area contributed by atoms with Gasteiger partial charge in [0.1, 0.15) is 17.1 Å². The second-order valence-electron chi connectivity index (χ2n) is 4.26. The molecule has 1 aromatic heterocycles. The number of ether oxygens (including phenoxy) is 1. The highest BCUT2D eigenvalue weighted by molar-refractivity contribution is 5.96. The van der Waals surface area contributed by atoms with E-state index in [1.54, 1.807) is 7.11 Å². The van der Waals surface area contributed by atoms with Crippen molar-refractivity contribution >= 4 is 11.0 Å². The first-order valence-electron chi connectivity index (χ1n) is 5.92. The predicted octanol–water partition coefficient (Wildman–Crippen LogP) is 4.42. The van der Waals surface area contributed by atoms with E-state index in [-0.39, 0.29) is 0 Å². The van der Waals surface area contributed by atoms with Gasteiger partial charge >= 0.3 is 0 Å². The van der Waals surface area contributed by atoms with Crippen LogP contribution in [0.15, 0.2) is 52.9 Å². The Morgan fingerprint density at radius 3 is 2.50 bits per heavy atom. The average molecular weight is 238 g/mol. The lowest BCUT2D eigenvalue weighted by Gasteiger charge is -2.01. The number of methoxy groups -OCH3 is 1. The summed E-state index contributed by atoms with van der Waals surface area (Å²) in [4.78, 5) is 0. The number of rotatable bonds is 2. The summed E-state index contributed by atoms with van der Waals surface area (Å²) >= 11 is 0. The molecule has 0 aliphatic heterocycles. The normalized spacial score (nSPS) is 10.8. The number of hydrogen-bond donors (Lipinski definition) is 0. The van der Waals surface area contributed by atoms with Crippen LogP contribution in [0.2, 0.25) is 0 Å². The van der Waals surface area contributed by atoms with E-state index in [1.807, 2.05) is 43.3 Å². The fourth-order valence-electron chi connectivity index (χ4n) is 2.29. The van der Waals surface area contributed by atoms with Gasteiger partial charge < -0.3 is 9.15 Å². The fourth-order valence-corrected chi connectivity index (χ4v) is 2.29. The topological polar surface area (TPSA) is 22.4 Å². The molecule has 0 atom stereocenters. The van der Waals surface area contributed by atoms with Crippen molar-refractivity contribution < 1.29 is 9.15 Å². The molecule has 0 unspecified atom stereocenters. The van der Waals surface area contributed by atoms with Gasteiger partial charge in [0.2, 0.25) is 0 Å². The molecule has 2 heteroatoms. The monoisotopic (exact) mass is 238 g/mol. The summed E-state index contributed by atoms with van der Waals surface area (Å²) < 4.78 is 11.0. The maximum absolute atomic E-state index is 5.82. The van der Waals surface area contributed by atoms with E-state index in [0.717, 1.165) is 28.0 Å². The molecule has 1 heterocycles. The van der Waals surface area contributed by atoms with E-state index in [1.165, 1.54) is 5.56 Å². The smallest absolute Gasteiger partial charge is 0.138 e. The molecular weight excluding hydrogens is 224 g/mol. The number of benzene rings is 2. The van der Waals surface area contributed by atoms with E-state index < -0.39 is 0 Å². The predicted molar refractivity (Wildman–Crippen MR) is 72.9 cm³/mol. The van der Waals surface area contributed by atoms with Crippen LogP contribution in [0.5, 0.6) is 5.75 Å².